The van der Waals surface area contributed by atoms with Gasteiger partial charge in [0.1, 0.15) is 0 Å². The van der Waals surface area contributed by atoms with Crippen LogP contribution in [0.1, 0.15) is 0 Å². The second-order valence-electron chi connectivity index (χ2n) is 0. The van der Waals surface area contributed by atoms with E-state index in [1.165, 1.54) is 0 Å². The molecular weight excluding hydrogens is 224 g/mol. The Bertz CT molecular complexity index is 8.00. The van der Waals surface area contributed by atoms with Crippen LogP contribution in [0, 0.1) is 0 Å². The standard InChI is InChI=1S/In.OSi.Zn/c;1-2;. The quantitative estimate of drug-likeness (QED) is 0.488. The first kappa shape index (κ1) is 17.8. The van der Waals surface area contributed by atoms with Crippen LogP contribution >= 0.6 is 0 Å². The van der Waals surface area contributed by atoms with Crippen LogP contribution in [0.15, 0.2) is 0 Å². The molecule has 0 saturated carbocycles. The van der Waals surface area contributed by atoms with Crippen LogP contribution in [0.25, 0.3) is 0 Å². The van der Waals surface area contributed by atoms with Gasteiger partial charge in [0.15, 0.2) is 0 Å². The van der Waals surface area contributed by atoms with Crippen LogP contribution in [0.4, 0.5) is 0 Å². The van der Waals surface area contributed by atoms with Crippen LogP contribution in [-0.4, -0.2) is 36.0 Å². The van der Waals surface area contributed by atoms with Gasteiger partial charge in [-0.05, 0) is 0 Å². The Morgan fingerprint density at radius 1 is 1.25 bits per heavy atom. The monoisotopic (exact) mass is 223 g/mol. The first-order chi connectivity index (χ1) is 1.00. The maximum Gasteiger partial charge on any atom is 0.381 e. The smallest absolute Gasteiger partial charge is 0.381 e. The molecule has 0 aliphatic carbocycles. The molecule has 0 saturated heterocycles. The Morgan fingerprint density at radius 2 is 1.25 bits per heavy atom. The third-order valence-corrected chi connectivity index (χ3v) is 0. The van der Waals surface area contributed by atoms with Crippen molar-refractivity contribution in [3.63, 3.8) is 0 Å². The van der Waals surface area contributed by atoms with Gasteiger partial charge in [0.2, 0.25) is 0 Å². The maximum atomic E-state index is 8.06. The van der Waals surface area contributed by atoms with Crippen molar-refractivity contribution in [3.8, 4) is 0 Å². The molecule has 0 aromatic carbocycles. The van der Waals surface area contributed by atoms with E-state index in [9.17, 15) is 0 Å². The summed E-state index contributed by atoms with van der Waals surface area (Å²) < 4.78 is 8.06. The summed E-state index contributed by atoms with van der Waals surface area (Å²) in [5, 5.41) is 0. The summed E-state index contributed by atoms with van der Waals surface area (Å²) in [6.45, 7) is 0. The molecular formula is InOSiZn. The van der Waals surface area contributed by atoms with E-state index in [-0.39, 0.29) is 45.3 Å². The topological polar surface area (TPSA) is 17.1 Å². The summed E-state index contributed by atoms with van der Waals surface area (Å²) in [5.74, 6) is 0. The van der Waals surface area contributed by atoms with E-state index in [2.05, 4.69) is 0 Å². The molecule has 4 heteroatoms. The van der Waals surface area contributed by atoms with Gasteiger partial charge >= 0.3 is 10.1 Å². The van der Waals surface area contributed by atoms with Gasteiger partial charge < -0.3 is 4.46 Å². The normalized spacial score (nSPS) is 1.00. The van der Waals surface area contributed by atoms with E-state index < -0.39 is 0 Å². The molecule has 0 bridgehead atoms. The van der Waals surface area contributed by atoms with Crippen LogP contribution in [-0.2, 0) is 23.9 Å². The molecule has 0 spiro atoms. The van der Waals surface area contributed by atoms with Crippen LogP contribution in [0.5, 0.6) is 0 Å². The van der Waals surface area contributed by atoms with Crippen LogP contribution < -0.4 is 0 Å². The van der Waals surface area contributed by atoms with Gasteiger partial charge in [-0.3, -0.25) is 0 Å². The minimum Gasteiger partial charge on any atom is -0.381 e. The first-order valence-corrected chi connectivity index (χ1v) is 0.612. The fraction of sp³-hybridized carbons (Fsp3) is 0. The molecule has 0 atom stereocenters. The molecule has 1 nitrogen and oxygen atoms in total. The summed E-state index contributed by atoms with van der Waals surface area (Å²) in [5.41, 5.74) is 0. The fourth-order valence-corrected chi connectivity index (χ4v) is 0. The Kier molecular flexibility index (Phi) is 108. The number of hydrogen-bond donors (Lipinski definition) is 0. The molecule has 0 aliphatic rings. The van der Waals surface area contributed by atoms with Gasteiger partial charge in [0, 0.05) is 45.3 Å². The molecule has 5 radical (unpaired) electrons. The molecule has 0 N–H and O–H groups in total. The third-order valence-electron chi connectivity index (χ3n) is 0. The molecule has 0 fully saturated rings. The average Bonchev–Trinajstić information content (AvgIpc) is 1.00. The predicted octanol–water partition coefficient (Wildman–Crippen LogP) is -0.883. The van der Waals surface area contributed by atoms with Gasteiger partial charge in [-0.2, -0.15) is 0 Å². The maximum absolute atomic E-state index is 8.06. The number of hydrogen-bond acceptors (Lipinski definition) is 1. The molecule has 0 rings (SSSR count). The number of rotatable bonds is 0. The van der Waals surface area contributed by atoms with Gasteiger partial charge in [-0.1, -0.05) is 0 Å². The van der Waals surface area contributed by atoms with E-state index in [1.807, 2.05) is 0 Å². The van der Waals surface area contributed by atoms with Gasteiger partial charge in [-0.25, -0.2) is 0 Å². The van der Waals surface area contributed by atoms with E-state index in [4.69, 9.17) is 4.46 Å². The molecule has 0 unspecified atom stereocenters. The van der Waals surface area contributed by atoms with Gasteiger partial charge in [0.25, 0.3) is 0 Å². The summed E-state index contributed by atoms with van der Waals surface area (Å²) in [4.78, 5) is 0. The Labute approximate surface area is 59.6 Å². The molecule has 0 amide bonds. The molecule has 4 heavy (non-hydrogen) atoms. The van der Waals surface area contributed by atoms with Crippen LogP contribution in [0.2, 0.25) is 0 Å². The SMILES string of the molecule is O=[Si].[In].[Zn]. The summed E-state index contributed by atoms with van der Waals surface area (Å²) in [6, 6.07) is 0. The summed E-state index contributed by atoms with van der Waals surface area (Å²) in [7, 11) is 1.72. The molecule has 0 heterocycles. The zero-order valence-electron chi connectivity index (χ0n) is 2.19. The van der Waals surface area contributed by atoms with Crippen molar-refractivity contribution in [1.29, 1.82) is 0 Å². The zero-order chi connectivity index (χ0) is 2.00. The van der Waals surface area contributed by atoms with E-state index in [1.54, 1.807) is 10.1 Å². The third kappa shape index (κ3) is 9.70. The minimum absolute atomic E-state index is 0. The zero-order valence-corrected chi connectivity index (χ0v) is 9.46. The Hall–Kier alpha value is 1.51. The van der Waals surface area contributed by atoms with E-state index in [0.717, 1.165) is 0 Å². The average molecular weight is 224 g/mol. The van der Waals surface area contributed by atoms with E-state index >= 15 is 0 Å². The van der Waals surface area contributed by atoms with Gasteiger partial charge in [0.05, 0.1) is 0 Å². The second-order valence-corrected chi connectivity index (χ2v) is 0. The fourth-order valence-electron chi connectivity index (χ4n) is 0. The van der Waals surface area contributed by atoms with Crippen molar-refractivity contribution >= 4 is 36.0 Å². The largest absolute Gasteiger partial charge is 0.381 e. The predicted molar refractivity (Wildman–Crippen MR) is 12.2 cm³/mol. The van der Waals surface area contributed by atoms with Crippen molar-refractivity contribution in [3.05, 3.63) is 0 Å². The molecule has 0 aromatic heterocycles. The molecule has 0 aromatic rings. The van der Waals surface area contributed by atoms with Crippen molar-refractivity contribution in [1.82, 2.24) is 0 Å². The summed E-state index contributed by atoms with van der Waals surface area (Å²) in [6.07, 6.45) is 0. The Morgan fingerprint density at radius 3 is 1.25 bits per heavy atom. The van der Waals surface area contributed by atoms with Gasteiger partial charge in [-0.15, -0.1) is 0 Å². The van der Waals surface area contributed by atoms with Crippen molar-refractivity contribution in [2.45, 2.75) is 0 Å². The molecule has 0 aliphatic heterocycles. The minimum atomic E-state index is 0. The second kappa shape index (κ2) is 24.4. The molecule has 15 valence electrons. The van der Waals surface area contributed by atoms with Crippen molar-refractivity contribution in [2.75, 3.05) is 0 Å². The Balaban J connectivity index is -0.00000000500. The summed E-state index contributed by atoms with van der Waals surface area (Å²) >= 11 is 0. The van der Waals surface area contributed by atoms with Crippen molar-refractivity contribution in [2.24, 2.45) is 0 Å². The van der Waals surface area contributed by atoms with E-state index in [0.29, 0.717) is 0 Å². The van der Waals surface area contributed by atoms with Crippen LogP contribution in [0.3, 0.4) is 0 Å². The van der Waals surface area contributed by atoms with Crippen molar-refractivity contribution < 1.29 is 23.9 Å². The first-order valence-electron chi connectivity index (χ1n) is 0.204.